The molecule has 1 heteroatoms. The molecule has 1 heterocycles. The van der Waals surface area contributed by atoms with Crippen LogP contribution in [-0.2, 0) is 0 Å². The number of hydrogen-bond acceptors (Lipinski definition) is 1. The monoisotopic (exact) mass is 596 g/mol. The smallest absolute Gasteiger partial charge is 0.143 e. The Morgan fingerprint density at radius 2 is 0.766 bits per heavy atom. The van der Waals surface area contributed by atoms with Crippen molar-refractivity contribution in [1.29, 1.82) is 0 Å². The summed E-state index contributed by atoms with van der Waals surface area (Å²) in [5.74, 6) is 0. The normalized spacial score (nSPS) is 11.8. The summed E-state index contributed by atoms with van der Waals surface area (Å²) in [5.41, 5.74) is 9.26. The lowest BCUT2D eigenvalue weighted by atomic mass is 9.85. The molecule has 0 saturated heterocycles. The first-order chi connectivity index (χ1) is 23.3. The Hall–Kier alpha value is -6.18. The molecule has 0 spiro atoms. The lowest BCUT2D eigenvalue weighted by Crippen LogP contribution is -1.90. The predicted octanol–water partition coefficient (Wildman–Crippen LogP) is 13.2. The van der Waals surface area contributed by atoms with E-state index in [-0.39, 0.29) is 0 Å². The third kappa shape index (κ3) is 4.03. The lowest BCUT2D eigenvalue weighted by Gasteiger charge is -2.18. The van der Waals surface area contributed by atoms with E-state index in [1.165, 1.54) is 65.5 Å². The molecule has 0 fully saturated rings. The van der Waals surface area contributed by atoms with Crippen molar-refractivity contribution in [3.8, 4) is 33.4 Å². The van der Waals surface area contributed by atoms with E-state index >= 15 is 0 Å². The van der Waals surface area contributed by atoms with Crippen molar-refractivity contribution < 1.29 is 4.42 Å². The van der Waals surface area contributed by atoms with Gasteiger partial charge in [-0.1, -0.05) is 140 Å². The van der Waals surface area contributed by atoms with Crippen LogP contribution in [0.2, 0.25) is 0 Å². The quantitative estimate of drug-likeness (QED) is 0.185. The molecule has 1 nitrogen and oxygen atoms in total. The molecule has 0 aliphatic rings. The van der Waals surface area contributed by atoms with E-state index < -0.39 is 0 Å². The third-order valence-corrected chi connectivity index (χ3v) is 9.82. The first-order valence-electron chi connectivity index (χ1n) is 16.2. The molecule has 0 unspecified atom stereocenters. The van der Waals surface area contributed by atoms with Gasteiger partial charge in [-0.25, -0.2) is 0 Å². The van der Waals surface area contributed by atoms with Crippen LogP contribution in [-0.4, -0.2) is 0 Å². The van der Waals surface area contributed by atoms with Crippen LogP contribution in [0.4, 0.5) is 0 Å². The molecule has 1 aromatic heterocycles. The van der Waals surface area contributed by atoms with Crippen molar-refractivity contribution in [3.63, 3.8) is 0 Å². The number of hydrogen-bond donors (Lipinski definition) is 0. The molecule has 47 heavy (non-hydrogen) atoms. The summed E-state index contributed by atoms with van der Waals surface area (Å²) in [5, 5.41) is 12.2. The van der Waals surface area contributed by atoms with E-state index in [1.54, 1.807) is 0 Å². The Morgan fingerprint density at radius 3 is 1.47 bits per heavy atom. The van der Waals surface area contributed by atoms with E-state index in [9.17, 15) is 0 Å². The second-order valence-electron chi connectivity index (χ2n) is 12.5. The zero-order valence-electron chi connectivity index (χ0n) is 25.6. The van der Waals surface area contributed by atoms with E-state index in [0.717, 1.165) is 32.9 Å². The Kier molecular flexibility index (Phi) is 5.64. The highest BCUT2D eigenvalue weighted by atomic mass is 16.3. The largest absolute Gasteiger partial charge is 0.455 e. The minimum Gasteiger partial charge on any atom is -0.455 e. The van der Waals surface area contributed by atoms with Gasteiger partial charge in [-0.05, 0) is 101 Å². The lowest BCUT2D eigenvalue weighted by molar-refractivity contribution is 0.673. The average Bonchev–Trinajstić information content (AvgIpc) is 3.52. The average molecular weight is 597 g/mol. The van der Waals surface area contributed by atoms with Crippen molar-refractivity contribution in [2.75, 3.05) is 0 Å². The summed E-state index contributed by atoms with van der Waals surface area (Å²) in [6, 6.07) is 61.6. The topological polar surface area (TPSA) is 13.1 Å². The van der Waals surface area contributed by atoms with Gasteiger partial charge in [0.05, 0.1) is 0 Å². The SMILES string of the molecule is c1ccc(-c2c3ccccc3c(-c3ccc4cc(-c5ccc6c(c5)oc5c7ccccc7ccc65)ccc4c3)c3ccccc23)cc1. The van der Waals surface area contributed by atoms with Crippen molar-refractivity contribution >= 4 is 65.0 Å². The molecule has 0 aliphatic heterocycles. The van der Waals surface area contributed by atoms with E-state index in [4.69, 9.17) is 4.42 Å². The molecule has 218 valence electrons. The van der Waals surface area contributed by atoms with Crippen LogP contribution in [0.1, 0.15) is 0 Å². The maximum absolute atomic E-state index is 6.49. The zero-order valence-corrected chi connectivity index (χ0v) is 25.6. The summed E-state index contributed by atoms with van der Waals surface area (Å²) in [7, 11) is 0. The van der Waals surface area contributed by atoms with Gasteiger partial charge < -0.3 is 4.42 Å². The number of rotatable bonds is 3. The van der Waals surface area contributed by atoms with Gasteiger partial charge >= 0.3 is 0 Å². The Morgan fingerprint density at radius 1 is 0.277 bits per heavy atom. The van der Waals surface area contributed by atoms with Crippen LogP contribution < -0.4 is 0 Å². The number of fused-ring (bicyclic) bond motifs is 8. The third-order valence-electron chi connectivity index (χ3n) is 9.82. The Balaban J connectivity index is 1.11. The number of furan rings is 1. The van der Waals surface area contributed by atoms with Crippen LogP contribution in [0.15, 0.2) is 174 Å². The van der Waals surface area contributed by atoms with Gasteiger partial charge in [-0.3, -0.25) is 0 Å². The van der Waals surface area contributed by atoms with Gasteiger partial charge in [0.2, 0.25) is 0 Å². The van der Waals surface area contributed by atoms with Crippen molar-refractivity contribution in [2.45, 2.75) is 0 Å². The number of benzene rings is 9. The van der Waals surface area contributed by atoms with Crippen LogP contribution in [0.5, 0.6) is 0 Å². The fourth-order valence-corrected chi connectivity index (χ4v) is 7.62. The van der Waals surface area contributed by atoms with Gasteiger partial charge in [0, 0.05) is 16.2 Å². The maximum Gasteiger partial charge on any atom is 0.143 e. The van der Waals surface area contributed by atoms with Gasteiger partial charge in [0.1, 0.15) is 11.2 Å². The van der Waals surface area contributed by atoms with Gasteiger partial charge in [0.25, 0.3) is 0 Å². The first kappa shape index (κ1) is 26.1. The standard InChI is InChI=1S/C46H28O/c1-2-11-30(12-3-1)44-38-14-6-8-16-40(38)45(41-17-9-7-15-39(41)44)35-21-20-31-26-32(18-19-33(31)27-35)34-23-24-37-42-25-22-29-10-4-5-13-36(29)46(42)47-43(37)28-34/h1-28H. The van der Waals surface area contributed by atoms with Crippen molar-refractivity contribution in [2.24, 2.45) is 0 Å². The molecule has 10 aromatic rings. The Labute approximate surface area is 271 Å². The van der Waals surface area contributed by atoms with Crippen molar-refractivity contribution in [1.82, 2.24) is 0 Å². The molecular formula is C46H28O. The van der Waals surface area contributed by atoms with Crippen LogP contribution in [0.25, 0.3) is 98.4 Å². The molecular weight excluding hydrogens is 569 g/mol. The summed E-state index contributed by atoms with van der Waals surface area (Å²) < 4.78 is 6.49. The fraction of sp³-hybridized carbons (Fsp3) is 0. The minimum atomic E-state index is 0.919. The van der Waals surface area contributed by atoms with Crippen LogP contribution in [0.3, 0.4) is 0 Å². The van der Waals surface area contributed by atoms with Gasteiger partial charge in [-0.2, -0.15) is 0 Å². The second kappa shape index (κ2) is 10.2. The highest BCUT2D eigenvalue weighted by Crippen LogP contribution is 2.44. The minimum absolute atomic E-state index is 0.919. The van der Waals surface area contributed by atoms with E-state index in [2.05, 4.69) is 170 Å². The van der Waals surface area contributed by atoms with E-state index in [0.29, 0.717) is 0 Å². The van der Waals surface area contributed by atoms with Gasteiger partial charge in [-0.15, -0.1) is 0 Å². The van der Waals surface area contributed by atoms with E-state index in [1.807, 2.05) is 0 Å². The molecule has 0 atom stereocenters. The molecule has 9 aromatic carbocycles. The summed E-state index contributed by atoms with van der Waals surface area (Å²) in [4.78, 5) is 0. The molecule has 0 amide bonds. The molecule has 0 bridgehead atoms. The molecule has 0 aliphatic carbocycles. The second-order valence-corrected chi connectivity index (χ2v) is 12.5. The zero-order chi connectivity index (χ0) is 30.9. The predicted molar refractivity (Wildman–Crippen MR) is 200 cm³/mol. The highest BCUT2D eigenvalue weighted by Gasteiger charge is 2.17. The summed E-state index contributed by atoms with van der Waals surface area (Å²) in [6.45, 7) is 0. The molecule has 0 N–H and O–H groups in total. The molecule has 0 radical (unpaired) electrons. The van der Waals surface area contributed by atoms with Gasteiger partial charge in [0.15, 0.2) is 0 Å². The fourth-order valence-electron chi connectivity index (χ4n) is 7.62. The summed E-state index contributed by atoms with van der Waals surface area (Å²) in [6.07, 6.45) is 0. The Bertz CT molecular complexity index is 2780. The van der Waals surface area contributed by atoms with Crippen LogP contribution in [0, 0.1) is 0 Å². The first-order valence-corrected chi connectivity index (χ1v) is 16.2. The van der Waals surface area contributed by atoms with Crippen LogP contribution >= 0.6 is 0 Å². The van der Waals surface area contributed by atoms with Crippen molar-refractivity contribution in [3.05, 3.63) is 170 Å². The summed E-state index contributed by atoms with van der Waals surface area (Å²) >= 11 is 0. The molecule has 10 rings (SSSR count). The maximum atomic E-state index is 6.49. The highest BCUT2D eigenvalue weighted by molar-refractivity contribution is 6.22. The molecule has 0 saturated carbocycles.